The molecule has 0 fully saturated rings. The molecule has 104 valence electrons. The summed E-state index contributed by atoms with van der Waals surface area (Å²) >= 11 is 1.52. The summed E-state index contributed by atoms with van der Waals surface area (Å²) in [7, 11) is 0. The van der Waals surface area contributed by atoms with Crippen molar-refractivity contribution in [2.45, 2.75) is 6.18 Å². The summed E-state index contributed by atoms with van der Waals surface area (Å²) in [6, 6.07) is -0.443. The molecular weight excluding hydrogens is 388 g/mol. The van der Waals surface area contributed by atoms with Crippen LogP contribution in [0.5, 0.6) is 6.01 Å². The molecule has 20 heavy (non-hydrogen) atoms. The van der Waals surface area contributed by atoms with Gasteiger partial charge in [0.25, 0.3) is 0 Å². The maximum Gasteiger partial charge on any atom is 0.434 e. The Kier molecular flexibility index (Phi) is 4.12. The minimum Gasteiger partial charge on any atom is -0.450 e. The van der Waals surface area contributed by atoms with Crippen molar-refractivity contribution >= 4 is 22.6 Å². The van der Waals surface area contributed by atoms with Crippen LogP contribution >= 0.6 is 22.6 Å². The van der Waals surface area contributed by atoms with Gasteiger partial charge in [-0.2, -0.15) is 23.1 Å². The van der Waals surface area contributed by atoms with Gasteiger partial charge in [-0.1, -0.05) is 5.92 Å². The van der Waals surface area contributed by atoms with E-state index >= 15 is 0 Å². The highest BCUT2D eigenvalue weighted by Crippen LogP contribution is 2.35. The van der Waals surface area contributed by atoms with Gasteiger partial charge in [0, 0.05) is 12.4 Å². The molecule has 0 radical (unpaired) electrons. The van der Waals surface area contributed by atoms with Gasteiger partial charge in [-0.25, -0.2) is 4.98 Å². The number of hydrogen-bond acceptors (Lipinski definition) is 4. The van der Waals surface area contributed by atoms with E-state index in [2.05, 4.69) is 25.9 Å². The molecule has 0 unspecified atom stereocenters. The third kappa shape index (κ3) is 3.01. The van der Waals surface area contributed by atoms with E-state index in [0.29, 0.717) is 0 Å². The standard InChI is InChI=1S/C11H6F3IN4O/c1-2-5-20-10-18-7(9-16-3-4-17-9)6(15)8(19-10)11(12,13)14/h1,3-4H,5H2,(H,16,17). The first-order valence-electron chi connectivity index (χ1n) is 5.14. The van der Waals surface area contributed by atoms with Crippen molar-refractivity contribution in [3.05, 3.63) is 21.7 Å². The third-order valence-electron chi connectivity index (χ3n) is 2.11. The highest BCUT2D eigenvalue weighted by Gasteiger charge is 2.37. The fourth-order valence-electron chi connectivity index (χ4n) is 1.34. The molecule has 1 N–H and O–H groups in total. The first-order chi connectivity index (χ1) is 9.43. The summed E-state index contributed by atoms with van der Waals surface area (Å²) in [6.45, 7) is -0.227. The molecule has 0 amide bonds. The van der Waals surface area contributed by atoms with Crippen LogP contribution < -0.4 is 4.74 Å². The molecule has 0 saturated carbocycles. The molecule has 0 atom stereocenters. The molecule has 2 aromatic rings. The van der Waals surface area contributed by atoms with Crippen LogP contribution in [0, 0.1) is 15.9 Å². The Labute approximate surface area is 125 Å². The van der Waals surface area contributed by atoms with Crippen LogP contribution in [0.4, 0.5) is 13.2 Å². The molecule has 5 nitrogen and oxygen atoms in total. The van der Waals surface area contributed by atoms with Gasteiger partial charge in [0.1, 0.15) is 5.69 Å². The van der Waals surface area contributed by atoms with Gasteiger partial charge in [-0.05, 0) is 22.6 Å². The Hall–Kier alpha value is -1.83. The quantitative estimate of drug-likeness (QED) is 0.642. The second-order valence-corrected chi connectivity index (χ2v) is 4.52. The molecule has 0 aliphatic carbocycles. The summed E-state index contributed by atoms with van der Waals surface area (Å²) < 4.78 is 43.6. The van der Waals surface area contributed by atoms with Gasteiger partial charge in [0.15, 0.2) is 18.1 Å². The van der Waals surface area contributed by atoms with Crippen LogP contribution in [-0.4, -0.2) is 26.5 Å². The normalized spacial score (nSPS) is 11.2. The van der Waals surface area contributed by atoms with E-state index in [-0.39, 0.29) is 21.7 Å². The van der Waals surface area contributed by atoms with Crippen LogP contribution in [0.15, 0.2) is 12.4 Å². The summed E-state index contributed by atoms with van der Waals surface area (Å²) in [5.41, 5.74) is -1.09. The molecule has 2 rings (SSSR count). The lowest BCUT2D eigenvalue weighted by Gasteiger charge is -2.12. The van der Waals surface area contributed by atoms with Crippen molar-refractivity contribution in [1.29, 1.82) is 0 Å². The molecule has 0 aromatic carbocycles. The summed E-state index contributed by atoms with van der Waals surface area (Å²) in [4.78, 5) is 13.8. The number of H-pyrrole nitrogens is 1. The van der Waals surface area contributed by atoms with Crippen LogP contribution in [-0.2, 0) is 6.18 Å². The topological polar surface area (TPSA) is 63.7 Å². The maximum absolute atomic E-state index is 13.0. The average molecular weight is 394 g/mol. The highest BCUT2D eigenvalue weighted by molar-refractivity contribution is 14.1. The van der Waals surface area contributed by atoms with Crippen molar-refractivity contribution in [2.24, 2.45) is 0 Å². The fourth-order valence-corrected chi connectivity index (χ4v) is 2.14. The van der Waals surface area contributed by atoms with Crippen molar-refractivity contribution in [2.75, 3.05) is 6.61 Å². The van der Waals surface area contributed by atoms with Crippen LogP contribution in [0.3, 0.4) is 0 Å². The second-order valence-electron chi connectivity index (χ2n) is 3.45. The lowest BCUT2D eigenvalue weighted by Crippen LogP contribution is -2.14. The molecule has 2 heterocycles. The Balaban J connectivity index is 2.59. The smallest absolute Gasteiger partial charge is 0.434 e. The predicted octanol–water partition coefficient (Wildman–Crippen LogP) is 2.50. The lowest BCUT2D eigenvalue weighted by atomic mass is 10.3. The zero-order chi connectivity index (χ0) is 14.8. The van der Waals surface area contributed by atoms with Crippen molar-refractivity contribution < 1.29 is 17.9 Å². The van der Waals surface area contributed by atoms with Gasteiger partial charge >= 0.3 is 12.2 Å². The SMILES string of the molecule is C#CCOc1nc(-c2ncc[nH]2)c(I)c(C(F)(F)F)n1. The van der Waals surface area contributed by atoms with Gasteiger partial charge in [-0.3, -0.25) is 0 Å². The van der Waals surface area contributed by atoms with E-state index < -0.39 is 17.9 Å². The Bertz CT molecular complexity index is 649. The third-order valence-corrected chi connectivity index (χ3v) is 3.13. The molecule has 0 spiro atoms. The number of nitrogens with one attached hydrogen (secondary N) is 1. The number of alkyl halides is 3. The Morgan fingerprint density at radius 1 is 1.40 bits per heavy atom. The highest BCUT2D eigenvalue weighted by atomic mass is 127. The van der Waals surface area contributed by atoms with E-state index in [9.17, 15) is 13.2 Å². The number of halogens is 4. The van der Waals surface area contributed by atoms with Gasteiger partial charge in [-0.15, -0.1) is 6.42 Å². The number of ether oxygens (including phenoxy) is 1. The molecule has 9 heteroatoms. The van der Waals surface area contributed by atoms with E-state index in [1.807, 2.05) is 0 Å². The second kappa shape index (κ2) is 5.66. The summed E-state index contributed by atoms with van der Waals surface area (Å²) in [5, 5.41) is 0. The minimum atomic E-state index is -4.63. The molecule has 0 bridgehead atoms. The number of nitrogens with zero attached hydrogens (tertiary/aromatic N) is 3. The number of aromatic amines is 1. The zero-order valence-electron chi connectivity index (χ0n) is 9.70. The monoisotopic (exact) mass is 394 g/mol. The number of rotatable bonds is 3. The van der Waals surface area contributed by atoms with E-state index in [0.717, 1.165) is 0 Å². The number of hydrogen-bond donors (Lipinski definition) is 1. The van der Waals surface area contributed by atoms with E-state index in [1.54, 1.807) is 0 Å². The van der Waals surface area contributed by atoms with Crippen LogP contribution in [0.25, 0.3) is 11.5 Å². The summed E-state index contributed by atoms with van der Waals surface area (Å²) in [5.74, 6) is 2.32. The van der Waals surface area contributed by atoms with E-state index in [4.69, 9.17) is 11.2 Å². The zero-order valence-corrected chi connectivity index (χ0v) is 11.9. The van der Waals surface area contributed by atoms with Gasteiger partial charge in [0.2, 0.25) is 0 Å². The molecule has 0 saturated heterocycles. The number of aromatic nitrogens is 4. The molecular formula is C11H6F3IN4O. The Morgan fingerprint density at radius 3 is 2.70 bits per heavy atom. The van der Waals surface area contributed by atoms with Crippen molar-refractivity contribution in [3.63, 3.8) is 0 Å². The largest absolute Gasteiger partial charge is 0.450 e. The lowest BCUT2D eigenvalue weighted by molar-refractivity contribution is -0.142. The average Bonchev–Trinajstić information content (AvgIpc) is 2.89. The van der Waals surface area contributed by atoms with Gasteiger partial charge < -0.3 is 9.72 Å². The van der Waals surface area contributed by atoms with Gasteiger partial charge in [0.05, 0.1) is 3.57 Å². The first-order valence-corrected chi connectivity index (χ1v) is 6.22. The van der Waals surface area contributed by atoms with Crippen molar-refractivity contribution in [3.8, 4) is 29.9 Å². The van der Waals surface area contributed by atoms with Crippen LogP contribution in [0.1, 0.15) is 5.69 Å². The Morgan fingerprint density at radius 2 is 2.15 bits per heavy atom. The predicted molar refractivity (Wildman–Crippen MR) is 71.7 cm³/mol. The van der Waals surface area contributed by atoms with Crippen molar-refractivity contribution in [1.82, 2.24) is 19.9 Å². The summed E-state index contributed by atoms with van der Waals surface area (Å²) in [6.07, 6.45) is 3.24. The van der Waals surface area contributed by atoms with E-state index in [1.165, 1.54) is 35.0 Å². The number of imidazole rings is 1. The molecule has 0 aliphatic heterocycles. The fraction of sp³-hybridized carbons (Fsp3) is 0.182. The minimum absolute atomic E-state index is 0.00458. The first kappa shape index (κ1) is 14.6. The number of terminal acetylenes is 1. The van der Waals surface area contributed by atoms with Crippen LogP contribution in [0.2, 0.25) is 0 Å². The molecule has 2 aromatic heterocycles. The molecule has 0 aliphatic rings. The maximum atomic E-state index is 13.0.